The zero-order valence-electron chi connectivity index (χ0n) is 18.0. The molecule has 10 heteroatoms. The molecule has 1 spiro atoms. The Hall–Kier alpha value is -3.30. The van der Waals surface area contributed by atoms with Crippen molar-refractivity contribution in [2.45, 2.75) is 44.6 Å². The Labute approximate surface area is 184 Å². The first kappa shape index (κ1) is 20.6. The van der Waals surface area contributed by atoms with Crippen molar-refractivity contribution in [2.24, 2.45) is 18.4 Å². The molecule has 2 saturated heterocycles. The summed E-state index contributed by atoms with van der Waals surface area (Å²) < 4.78 is 1.65. The number of aryl methyl sites for hydroxylation is 1. The molecule has 0 bridgehead atoms. The van der Waals surface area contributed by atoms with E-state index in [1.54, 1.807) is 23.9 Å². The quantitative estimate of drug-likeness (QED) is 0.671. The van der Waals surface area contributed by atoms with Crippen molar-refractivity contribution in [3.63, 3.8) is 0 Å². The molecule has 2 aromatic rings. The van der Waals surface area contributed by atoms with E-state index in [1.165, 1.54) is 0 Å². The molecule has 3 heterocycles. The molecule has 168 valence electrons. The van der Waals surface area contributed by atoms with Crippen LogP contribution in [0.1, 0.15) is 48.9 Å². The van der Waals surface area contributed by atoms with Crippen LogP contribution in [0.3, 0.4) is 0 Å². The number of carbonyl (C=O) groups is 4. The number of nitrogens with one attached hydrogen (secondary N) is 2. The maximum absolute atomic E-state index is 13.3. The normalized spacial score (nSPS) is 22.8. The summed E-state index contributed by atoms with van der Waals surface area (Å²) >= 11 is 0. The number of rotatable bonds is 4. The van der Waals surface area contributed by atoms with Gasteiger partial charge < -0.3 is 10.2 Å². The van der Waals surface area contributed by atoms with E-state index in [-0.39, 0.29) is 36.1 Å². The number of amides is 4. The second kappa shape index (κ2) is 7.68. The number of imide groups is 1. The van der Waals surface area contributed by atoms with E-state index in [4.69, 9.17) is 0 Å². The van der Waals surface area contributed by atoms with Gasteiger partial charge in [0.1, 0.15) is 5.52 Å². The molecule has 2 aliphatic heterocycles. The van der Waals surface area contributed by atoms with E-state index in [0.717, 1.165) is 31.2 Å². The molecule has 2 N–H and O–H groups in total. The van der Waals surface area contributed by atoms with E-state index < -0.39 is 17.7 Å². The number of nitrogens with zero attached hydrogens (tertiary/aromatic N) is 4. The molecular formula is C22H26N6O4. The van der Waals surface area contributed by atoms with E-state index in [2.05, 4.69) is 20.9 Å². The summed E-state index contributed by atoms with van der Waals surface area (Å²) in [6.45, 7) is 0.960. The Bertz CT molecular complexity index is 1100. The molecule has 32 heavy (non-hydrogen) atoms. The lowest BCUT2D eigenvalue weighted by Crippen LogP contribution is -2.49. The number of carbonyl (C=O) groups excluding carboxylic acids is 4. The highest BCUT2D eigenvalue weighted by Crippen LogP contribution is 2.50. The average molecular weight is 438 g/mol. The van der Waals surface area contributed by atoms with Crippen LogP contribution < -0.4 is 10.6 Å². The molecule has 4 amide bonds. The number of fused-ring (bicyclic) bond motifs is 1. The van der Waals surface area contributed by atoms with Gasteiger partial charge in [-0.15, -0.1) is 5.10 Å². The van der Waals surface area contributed by atoms with Gasteiger partial charge in [-0.2, -0.15) is 0 Å². The van der Waals surface area contributed by atoms with Gasteiger partial charge in [-0.1, -0.05) is 11.6 Å². The zero-order chi connectivity index (χ0) is 22.5. The molecule has 1 aromatic heterocycles. The molecule has 1 saturated carbocycles. The molecule has 5 rings (SSSR count). The summed E-state index contributed by atoms with van der Waals surface area (Å²) in [5.41, 5.74) is 2.07. The molecule has 1 aliphatic carbocycles. The van der Waals surface area contributed by atoms with Gasteiger partial charge >= 0.3 is 0 Å². The summed E-state index contributed by atoms with van der Waals surface area (Å²) in [5, 5.41) is 13.2. The Morgan fingerprint density at radius 1 is 1.22 bits per heavy atom. The first-order chi connectivity index (χ1) is 15.3. The van der Waals surface area contributed by atoms with Crippen molar-refractivity contribution in [1.29, 1.82) is 0 Å². The number of hydrogen-bond acceptors (Lipinski definition) is 6. The van der Waals surface area contributed by atoms with Crippen LogP contribution in [0.4, 0.5) is 0 Å². The smallest absolute Gasteiger partial charge is 0.251 e. The summed E-state index contributed by atoms with van der Waals surface area (Å²) in [5.74, 6) is -1.81. The number of aromatic nitrogens is 3. The van der Waals surface area contributed by atoms with E-state index >= 15 is 0 Å². The lowest BCUT2D eigenvalue weighted by atomic mass is 9.67. The third-order valence-corrected chi connectivity index (χ3v) is 7.18. The number of piperidine rings is 1. The number of likely N-dealkylation sites (tertiary alicyclic amines) is 1. The third-order valence-electron chi connectivity index (χ3n) is 7.18. The topological polar surface area (TPSA) is 126 Å². The van der Waals surface area contributed by atoms with Gasteiger partial charge in [0, 0.05) is 44.6 Å². The van der Waals surface area contributed by atoms with Crippen molar-refractivity contribution >= 4 is 34.7 Å². The van der Waals surface area contributed by atoms with Gasteiger partial charge in [0.05, 0.1) is 11.4 Å². The SMILES string of the molecule is Cn1nnc2cc(C(=O)NCC3CC4(CCC4)CN3C(=O)C3CC(=O)NC(=O)C3)ccc21. The summed E-state index contributed by atoms with van der Waals surface area (Å²) in [7, 11) is 1.79. The largest absolute Gasteiger partial charge is 0.350 e. The fourth-order valence-corrected chi connectivity index (χ4v) is 5.33. The van der Waals surface area contributed by atoms with Crippen molar-refractivity contribution in [1.82, 2.24) is 30.5 Å². The first-order valence-electron chi connectivity index (χ1n) is 11.0. The van der Waals surface area contributed by atoms with Crippen LogP contribution in [0.2, 0.25) is 0 Å². The lowest BCUT2D eigenvalue weighted by molar-refractivity contribution is -0.146. The fraction of sp³-hybridized carbons (Fsp3) is 0.545. The molecule has 1 atom stereocenters. The van der Waals surface area contributed by atoms with E-state index in [0.29, 0.717) is 24.2 Å². The Balaban J connectivity index is 1.29. The minimum atomic E-state index is -0.622. The maximum atomic E-state index is 13.3. The molecular weight excluding hydrogens is 412 g/mol. The van der Waals surface area contributed by atoms with E-state index in [1.807, 2.05) is 11.0 Å². The fourth-order valence-electron chi connectivity index (χ4n) is 5.33. The van der Waals surface area contributed by atoms with Crippen LogP contribution in [-0.4, -0.2) is 62.7 Å². The maximum Gasteiger partial charge on any atom is 0.251 e. The summed E-state index contributed by atoms with van der Waals surface area (Å²) in [4.78, 5) is 51.4. The second-order valence-corrected chi connectivity index (χ2v) is 9.38. The monoisotopic (exact) mass is 438 g/mol. The zero-order valence-corrected chi connectivity index (χ0v) is 18.0. The molecule has 3 fully saturated rings. The molecule has 3 aliphatic rings. The van der Waals surface area contributed by atoms with Crippen molar-refractivity contribution in [3.05, 3.63) is 23.8 Å². The highest BCUT2D eigenvalue weighted by Gasteiger charge is 2.50. The highest BCUT2D eigenvalue weighted by atomic mass is 16.2. The molecule has 10 nitrogen and oxygen atoms in total. The standard InChI is InChI=1S/C22H26N6O4/c1-27-17-4-3-13(7-16(17)25-26-27)20(31)23-11-15-10-22(5-2-6-22)12-28(15)21(32)14-8-18(29)24-19(30)9-14/h3-4,7,14-15H,2,5-6,8-12H2,1H3,(H,23,31)(H,24,29,30). The predicted molar refractivity (Wildman–Crippen MR) is 113 cm³/mol. The van der Waals surface area contributed by atoms with Gasteiger partial charge in [0.15, 0.2) is 0 Å². The molecule has 1 unspecified atom stereocenters. The lowest BCUT2D eigenvalue weighted by Gasteiger charge is -2.38. The number of benzene rings is 1. The summed E-state index contributed by atoms with van der Waals surface area (Å²) in [6, 6.07) is 5.10. The first-order valence-corrected chi connectivity index (χ1v) is 11.0. The summed E-state index contributed by atoms with van der Waals surface area (Å²) in [6.07, 6.45) is 4.17. The predicted octanol–water partition coefficient (Wildman–Crippen LogP) is 0.522. The Morgan fingerprint density at radius 2 is 1.97 bits per heavy atom. The van der Waals surface area contributed by atoms with Crippen LogP contribution in [0.5, 0.6) is 0 Å². The minimum Gasteiger partial charge on any atom is -0.350 e. The Morgan fingerprint density at radius 3 is 2.66 bits per heavy atom. The van der Waals surface area contributed by atoms with Crippen LogP contribution in [0, 0.1) is 11.3 Å². The van der Waals surface area contributed by atoms with Crippen molar-refractivity contribution < 1.29 is 19.2 Å². The second-order valence-electron chi connectivity index (χ2n) is 9.38. The third kappa shape index (κ3) is 3.63. The minimum absolute atomic E-state index is 0.0330. The van der Waals surface area contributed by atoms with Gasteiger partial charge in [-0.3, -0.25) is 24.5 Å². The highest BCUT2D eigenvalue weighted by molar-refractivity contribution is 6.02. The molecule has 1 aromatic carbocycles. The van der Waals surface area contributed by atoms with Crippen LogP contribution in [0.15, 0.2) is 18.2 Å². The molecule has 0 radical (unpaired) electrons. The van der Waals surface area contributed by atoms with Crippen molar-refractivity contribution in [2.75, 3.05) is 13.1 Å². The van der Waals surface area contributed by atoms with Crippen LogP contribution in [-0.2, 0) is 21.4 Å². The van der Waals surface area contributed by atoms with Crippen molar-refractivity contribution in [3.8, 4) is 0 Å². The van der Waals surface area contributed by atoms with Crippen LogP contribution >= 0.6 is 0 Å². The number of hydrogen-bond donors (Lipinski definition) is 2. The Kier molecular flexibility index (Phi) is 4.94. The van der Waals surface area contributed by atoms with E-state index in [9.17, 15) is 19.2 Å². The van der Waals surface area contributed by atoms with Gasteiger partial charge in [-0.05, 0) is 42.9 Å². The van der Waals surface area contributed by atoms with Gasteiger partial charge in [0.25, 0.3) is 5.91 Å². The van der Waals surface area contributed by atoms with Gasteiger partial charge in [-0.25, -0.2) is 4.68 Å². The van der Waals surface area contributed by atoms with Crippen LogP contribution in [0.25, 0.3) is 11.0 Å². The average Bonchev–Trinajstić information content (AvgIpc) is 3.32. The van der Waals surface area contributed by atoms with Gasteiger partial charge in [0.2, 0.25) is 17.7 Å².